The molecule has 0 saturated heterocycles. The summed E-state index contributed by atoms with van der Waals surface area (Å²) in [4.78, 5) is 4.75. The molecule has 3 aromatic carbocycles. The highest BCUT2D eigenvalue weighted by Gasteiger charge is 2.16. The lowest BCUT2D eigenvalue weighted by atomic mass is 10.0. The minimum absolute atomic E-state index is 0.0208. The highest BCUT2D eigenvalue weighted by Crippen LogP contribution is 2.30. The maximum atomic E-state index is 4.69. The molecule has 0 unspecified atom stereocenters. The zero-order valence-electron chi connectivity index (χ0n) is 16.4. The van der Waals surface area contributed by atoms with Crippen LogP contribution in [0.5, 0.6) is 0 Å². The van der Waals surface area contributed by atoms with Gasteiger partial charge in [0.1, 0.15) is 11.4 Å². The van der Waals surface area contributed by atoms with Crippen LogP contribution in [0.1, 0.15) is 10.4 Å². The van der Waals surface area contributed by atoms with Gasteiger partial charge in [-0.25, -0.2) is 10.4 Å². The second-order valence-electron chi connectivity index (χ2n) is 6.71. The normalized spacial score (nSPS) is 13.1. The molecule has 0 fully saturated rings. The Labute approximate surface area is 197 Å². The molecule has 0 aliphatic heterocycles. The van der Waals surface area contributed by atoms with Gasteiger partial charge in [0.15, 0.2) is 0 Å². The molecule has 7 heteroatoms. The number of alkyl halides is 2. The summed E-state index contributed by atoms with van der Waals surface area (Å²) in [6.07, 6.45) is 1.77. The lowest BCUT2D eigenvalue weighted by Crippen LogP contribution is -2.10. The second kappa shape index (κ2) is 10.4. The van der Waals surface area contributed by atoms with E-state index in [-0.39, 0.29) is 9.65 Å². The highest BCUT2D eigenvalue weighted by atomic mass is 79.9. The number of hydrogen-bond donors (Lipinski definition) is 1. The minimum atomic E-state index is -0.0208. The fraction of sp³-hybridized carbons (Fsp3) is 0.0833. The summed E-state index contributed by atoms with van der Waals surface area (Å²) in [6, 6.07) is 30.0. The molecule has 1 heterocycles. The Morgan fingerprint density at radius 3 is 1.87 bits per heavy atom. The smallest absolute Gasteiger partial charge is 0.244 e. The molecule has 5 nitrogen and oxygen atoms in total. The van der Waals surface area contributed by atoms with Crippen LogP contribution in [0, 0.1) is 0 Å². The predicted octanol–water partition coefficient (Wildman–Crippen LogP) is 6.50. The standard InChI is InChI=1S/C24H19Br2N5/c25-20(21(26)17-10-4-1-5-11-17)16-27-30-24-28-22(18-12-6-2-7-13-18)23(29-31-24)19-14-8-3-9-15-19/h1-16,20-21H,(H,28,30,31)/t20-,21+/m1/s1. The molecule has 0 aliphatic carbocycles. The van der Waals surface area contributed by atoms with Crippen molar-refractivity contribution >= 4 is 44.0 Å². The first-order valence-electron chi connectivity index (χ1n) is 9.70. The van der Waals surface area contributed by atoms with Gasteiger partial charge in [-0.15, -0.1) is 10.2 Å². The van der Waals surface area contributed by atoms with Crippen LogP contribution in [-0.4, -0.2) is 26.2 Å². The molecule has 31 heavy (non-hydrogen) atoms. The lowest BCUT2D eigenvalue weighted by Gasteiger charge is -2.13. The van der Waals surface area contributed by atoms with Gasteiger partial charge in [0.05, 0.1) is 9.65 Å². The third-order valence-electron chi connectivity index (χ3n) is 4.56. The van der Waals surface area contributed by atoms with E-state index in [1.165, 1.54) is 0 Å². The molecule has 0 aliphatic rings. The number of hydrazone groups is 1. The van der Waals surface area contributed by atoms with Crippen LogP contribution in [0.25, 0.3) is 22.5 Å². The zero-order valence-corrected chi connectivity index (χ0v) is 19.6. The van der Waals surface area contributed by atoms with E-state index in [9.17, 15) is 0 Å². The lowest BCUT2D eigenvalue weighted by molar-refractivity contribution is 0.970. The molecule has 0 radical (unpaired) electrons. The molecular formula is C24H19Br2N5. The first-order valence-corrected chi connectivity index (χ1v) is 11.5. The number of benzene rings is 3. The van der Waals surface area contributed by atoms with Crippen molar-refractivity contribution in [1.29, 1.82) is 0 Å². The minimum Gasteiger partial charge on any atom is -0.244 e. The number of nitrogens with one attached hydrogen (secondary N) is 1. The number of halogens is 2. The van der Waals surface area contributed by atoms with Crippen LogP contribution >= 0.6 is 31.9 Å². The third kappa shape index (κ3) is 5.42. The van der Waals surface area contributed by atoms with E-state index in [0.717, 1.165) is 28.1 Å². The molecule has 0 spiro atoms. The van der Waals surface area contributed by atoms with Gasteiger partial charge in [-0.05, 0) is 5.56 Å². The van der Waals surface area contributed by atoms with Gasteiger partial charge in [-0.1, -0.05) is 123 Å². The number of anilines is 1. The topological polar surface area (TPSA) is 63.1 Å². The maximum absolute atomic E-state index is 4.69. The van der Waals surface area contributed by atoms with E-state index < -0.39 is 0 Å². The van der Waals surface area contributed by atoms with Crippen molar-refractivity contribution in [3.8, 4) is 22.5 Å². The van der Waals surface area contributed by atoms with Crippen molar-refractivity contribution < 1.29 is 0 Å². The van der Waals surface area contributed by atoms with Crippen molar-refractivity contribution in [2.75, 3.05) is 5.43 Å². The summed E-state index contributed by atoms with van der Waals surface area (Å²) in [5.41, 5.74) is 7.46. The van der Waals surface area contributed by atoms with E-state index in [1.54, 1.807) is 6.21 Å². The van der Waals surface area contributed by atoms with Crippen molar-refractivity contribution in [2.24, 2.45) is 5.10 Å². The average Bonchev–Trinajstić information content (AvgIpc) is 2.85. The predicted molar refractivity (Wildman–Crippen MR) is 134 cm³/mol. The molecular weight excluding hydrogens is 518 g/mol. The molecule has 0 amide bonds. The number of hydrogen-bond acceptors (Lipinski definition) is 5. The number of rotatable bonds is 7. The highest BCUT2D eigenvalue weighted by molar-refractivity contribution is 9.12. The van der Waals surface area contributed by atoms with Gasteiger partial charge in [-0.3, -0.25) is 0 Å². The maximum Gasteiger partial charge on any atom is 0.263 e. The molecule has 4 rings (SSSR count). The quantitative estimate of drug-likeness (QED) is 0.166. The summed E-state index contributed by atoms with van der Waals surface area (Å²) in [5.74, 6) is 0.334. The summed E-state index contributed by atoms with van der Waals surface area (Å²) in [6.45, 7) is 0. The zero-order chi connectivity index (χ0) is 21.5. The van der Waals surface area contributed by atoms with Crippen LogP contribution < -0.4 is 5.43 Å². The van der Waals surface area contributed by atoms with E-state index in [4.69, 9.17) is 4.98 Å². The van der Waals surface area contributed by atoms with Gasteiger partial charge < -0.3 is 0 Å². The first kappa shape index (κ1) is 21.3. The van der Waals surface area contributed by atoms with E-state index in [2.05, 4.69) is 64.7 Å². The second-order valence-corrected chi connectivity index (χ2v) is 8.76. The van der Waals surface area contributed by atoms with Crippen LogP contribution in [0.4, 0.5) is 5.95 Å². The summed E-state index contributed by atoms with van der Waals surface area (Å²) >= 11 is 7.36. The fourth-order valence-corrected chi connectivity index (χ4v) is 3.89. The molecule has 0 saturated carbocycles. The van der Waals surface area contributed by atoms with E-state index >= 15 is 0 Å². The fourth-order valence-electron chi connectivity index (χ4n) is 3.02. The van der Waals surface area contributed by atoms with Gasteiger partial charge >= 0.3 is 0 Å². The van der Waals surface area contributed by atoms with Crippen molar-refractivity contribution in [1.82, 2.24) is 15.2 Å². The van der Waals surface area contributed by atoms with Crippen LogP contribution in [0.2, 0.25) is 0 Å². The molecule has 154 valence electrons. The van der Waals surface area contributed by atoms with Crippen molar-refractivity contribution in [3.63, 3.8) is 0 Å². The Bertz CT molecular complexity index is 1140. The van der Waals surface area contributed by atoms with Crippen LogP contribution in [-0.2, 0) is 0 Å². The molecule has 1 aromatic heterocycles. The summed E-state index contributed by atoms with van der Waals surface area (Å²) in [5, 5.41) is 13.0. The monoisotopic (exact) mass is 535 g/mol. The average molecular weight is 537 g/mol. The Morgan fingerprint density at radius 1 is 0.710 bits per heavy atom. The molecule has 1 N–H and O–H groups in total. The largest absolute Gasteiger partial charge is 0.263 e. The van der Waals surface area contributed by atoms with Crippen molar-refractivity contribution in [2.45, 2.75) is 9.65 Å². The van der Waals surface area contributed by atoms with Gasteiger partial charge in [-0.2, -0.15) is 5.10 Å². The third-order valence-corrected chi connectivity index (χ3v) is 7.13. The first-order chi connectivity index (χ1) is 15.2. The van der Waals surface area contributed by atoms with Gasteiger partial charge in [0, 0.05) is 17.3 Å². The van der Waals surface area contributed by atoms with Crippen molar-refractivity contribution in [3.05, 3.63) is 96.6 Å². The van der Waals surface area contributed by atoms with E-state index in [0.29, 0.717) is 5.95 Å². The van der Waals surface area contributed by atoms with Gasteiger partial charge in [0.25, 0.3) is 5.95 Å². The summed E-state index contributed by atoms with van der Waals surface area (Å²) in [7, 11) is 0. The molecule has 0 bridgehead atoms. The number of aromatic nitrogens is 3. The SMILES string of the molecule is Br[C@H](C=NNc1nnc(-c2ccccc2)c(-c2ccccc2)n1)[C@@H](Br)c1ccccc1. The Balaban J connectivity index is 1.56. The Kier molecular flexibility index (Phi) is 7.17. The Hall–Kier alpha value is -2.90. The Morgan fingerprint density at radius 2 is 1.26 bits per heavy atom. The molecule has 2 atom stereocenters. The molecule has 4 aromatic rings. The number of nitrogens with zero attached hydrogens (tertiary/aromatic N) is 4. The summed E-state index contributed by atoms with van der Waals surface area (Å²) < 4.78 is 0. The van der Waals surface area contributed by atoms with Crippen LogP contribution in [0.15, 0.2) is 96.1 Å². The van der Waals surface area contributed by atoms with E-state index in [1.807, 2.05) is 78.9 Å². The van der Waals surface area contributed by atoms with Crippen LogP contribution in [0.3, 0.4) is 0 Å². The van der Waals surface area contributed by atoms with Gasteiger partial charge in [0.2, 0.25) is 0 Å².